The molecule has 0 spiro atoms. The van der Waals surface area contributed by atoms with E-state index >= 15 is 0 Å². The highest BCUT2D eigenvalue weighted by atomic mass is 32.2. The van der Waals surface area contributed by atoms with Crippen molar-refractivity contribution in [3.63, 3.8) is 0 Å². The van der Waals surface area contributed by atoms with E-state index in [2.05, 4.69) is 0 Å². The van der Waals surface area contributed by atoms with E-state index in [0.717, 1.165) is 18.2 Å². The van der Waals surface area contributed by atoms with Gasteiger partial charge in [-0.3, -0.25) is 4.72 Å². The van der Waals surface area contributed by atoms with Crippen LogP contribution in [0.3, 0.4) is 0 Å². The zero-order valence-corrected chi connectivity index (χ0v) is 13.5. The Balaban J connectivity index is 1.99. The van der Waals surface area contributed by atoms with Crippen molar-refractivity contribution < 1.29 is 30.4 Å². The second kappa shape index (κ2) is 6.13. The Kier molecular flexibility index (Phi) is 4.23. The van der Waals surface area contributed by atoms with Gasteiger partial charge in [-0.05, 0) is 42.5 Å². The molecule has 1 aromatic heterocycles. The van der Waals surface area contributed by atoms with Crippen molar-refractivity contribution in [1.82, 2.24) is 0 Å². The molecule has 0 saturated heterocycles. The SMILES string of the molecule is O=c1ccc2cc(S(=O)(=O)Nc3ccc(F)c(C(F)(F)F)c3)ccc2o1. The first-order valence-corrected chi connectivity index (χ1v) is 8.48. The lowest BCUT2D eigenvalue weighted by Gasteiger charge is -2.12. The summed E-state index contributed by atoms with van der Waals surface area (Å²) >= 11 is 0. The summed E-state index contributed by atoms with van der Waals surface area (Å²) in [5.41, 5.74) is -2.49. The molecule has 0 aliphatic carbocycles. The molecule has 1 heterocycles. The minimum atomic E-state index is -4.97. The van der Waals surface area contributed by atoms with Crippen LogP contribution in [0.25, 0.3) is 11.0 Å². The summed E-state index contributed by atoms with van der Waals surface area (Å²) in [4.78, 5) is 10.9. The summed E-state index contributed by atoms with van der Waals surface area (Å²) in [6.45, 7) is 0. The van der Waals surface area contributed by atoms with Crippen LogP contribution in [0, 0.1) is 5.82 Å². The second-order valence-electron chi connectivity index (χ2n) is 5.25. The van der Waals surface area contributed by atoms with Gasteiger partial charge in [-0.2, -0.15) is 13.2 Å². The number of fused-ring (bicyclic) bond motifs is 1. The molecule has 0 radical (unpaired) electrons. The van der Waals surface area contributed by atoms with Crippen LogP contribution in [0.5, 0.6) is 0 Å². The van der Waals surface area contributed by atoms with E-state index in [1.165, 1.54) is 18.2 Å². The number of nitrogens with one attached hydrogen (secondary N) is 1. The van der Waals surface area contributed by atoms with Crippen LogP contribution in [-0.4, -0.2) is 8.42 Å². The van der Waals surface area contributed by atoms with Gasteiger partial charge in [0.25, 0.3) is 10.0 Å². The van der Waals surface area contributed by atoms with Crippen molar-refractivity contribution in [1.29, 1.82) is 0 Å². The predicted octanol–water partition coefficient (Wildman–Crippen LogP) is 3.75. The van der Waals surface area contributed by atoms with Crippen LogP contribution in [-0.2, 0) is 16.2 Å². The first kappa shape index (κ1) is 17.9. The topological polar surface area (TPSA) is 76.4 Å². The first-order valence-electron chi connectivity index (χ1n) is 7.00. The molecule has 3 aromatic rings. The molecular formula is C16H9F4NO4S. The Labute approximate surface area is 143 Å². The van der Waals surface area contributed by atoms with E-state index in [1.807, 2.05) is 4.72 Å². The van der Waals surface area contributed by atoms with Gasteiger partial charge in [0, 0.05) is 17.1 Å². The fraction of sp³-hybridized carbons (Fsp3) is 0.0625. The van der Waals surface area contributed by atoms with Crippen molar-refractivity contribution in [2.24, 2.45) is 0 Å². The summed E-state index contributed by atoms with van der Waals surface area (Å²) in [5, 5.41) is 0.308. The largest absolute Gasteiger partial charge is 0.423 e. The number of hydrogen-bond donors (Lipinski definition) is 1. The zero-order chi connectivity index (χ0) is 19.1. The number of benzene rings is 2. The standard InChI is InChI=1S/C16H9F4NO4S/c17-13-4-2-10(8-12(13)16(18,19)20)21-26(23,24)11-3-5-14-9(7-11)1-6-15(22)25-14/h1-8,21H. The number of alkyl halides is 3. The summed E-state index contributed by atoms with van der Waals surface area (Å²) in [6.07, 6.45) is -4.97. The minimum Gasteiger partial charge on any atom is -0.423 e. The van der Waals surface area contributed by atoms with Gasteiger partial charge in [0.15, 0.2) is 0 Å². The number of hydrogen-bond acceptors (Lipinski definition) is 4. The lowest BCUT2D eigenvalue weighted by Crippen LogP contribution is -2.15. The van der Waals surface area contributed by atoms with Crippen LogP contribution in [0.2, 0.25) is 0 Å². The Bertz CT molecular complexity index is 1150. The first-order chi connectivity index (χ1) is 12.1. The number of halogens is 4. The molecule has 10 heteroatoms. The van der Waals surface area contributed by atoms with Gasteiger partial charge >= 0.3 is 11.8 Å². The molecule has 1 N–H and O–H groups in total. The predicted molar refractivity (Wildman–Crippen MR) is 84.7 cm³/mol. The highest BCUT2D eigenvalue weighted by molar-refractivity contribution is 7.92. The molecule has 5 nitrogen and oxygen atoms in total. The normalized spacial score (nSPS) is 12.3. The molecule has 136 valence electrons. The highest BCUT2D eigenvalue weighted by Gasteiger charge is 2.34. The molecule has 0 bridgehead atoms. The van der Waals surface area contributed by atoms with Crippen molar-refractivity contribution >= 4 is 26.7 Å². The number of anilines is 1. The fourth-order valence-electron chi connectivity index (χ4n) is 2.24. The molecule has 0 amide bonds. The lowest BCUT2D eigenvalue weighted by atomic mass is 10.2. The van der Waals surface area contributed by atoms with Gasteiger partial charge in [0.1, 0.15) is 11.4 Å². The average Bonchev–Trinajstić information content (AvgIpc) is 2.54. The fourth-order valence-corrected chi connectivity index (χ4v) is 3.32. The molecule has 0 atom stereocenters. The average molecular weight is 387 g/mol. The highest BCUT2D eigenvalue weighted by Crippen LogP contribution is 2.33. The van der Waals surface area contributed by atoms with E-state index in [4.69, 9.17) is 4.42 Å². The molecule has 0 aliphatic heterocycles. The van der Waals surface area contributed by atoms with Crippen LogP contribution in [0.15, 0.2) is 62.6 Å². The van der Waals surface area contributed by atoms with Crippen LogP contribution in [0.4, 0.5) is 23.2 Å². The Morgan fingerprint density at radius 2 is 1.69 bits per heavy atom. The van der Waals surface area contributed by atoms with E-state index in [1.54, 1.807) is 0 Å². The molecular weight excluding hydrogens is 378 g/mol. The summed E-state index contributed by atoms with van der Waals surface area (Å²) in [6, 6.07) is 7.78. The summed E-state index contributed by atoms with van der Waals surface area (Å²) in [5.74, 6) is -1.51. The maximum Gasteiger partial charge on any atom is 0.419 e. The van der Waals surface area contributed by atoms with Gasteiger partial charge < -0.3 is 4.42 Å². The van der Waals surface area contributed by atoms with E-state index in [9.17, 15) is 30.8 Å². The third kappa shape index (κ3) is 3.54. The molecule has 2 aromatic carbocycles. The smallest absolute Gasteiger partial charge is 0.419 e. The Morgan fingerprint density at radius 3 is 2.38 bits per heavy atom. The van der Waals surface area contributed by atoms with Crippen LogP contribution >= 0.6 is 0 Å². The van der Waals surface area contributed by atoms with E-state index < -0.39 is 38.9 Å². The van der Waals surface area contributed by atoms with Crippen LogP contribution < -0.4 is 10.3 Å². The second-order valence-corrected chi connectivity index (χ2v) is 6.93. The molecule has 0 aliphatic rings. The minimum absolute atomic E-state index is 0.151. The molecule has 3 rings (SSSR count). The molecule has 0 unspecified atom stereocenters. The molecule has 0 fully saturated rings. The lowest BCUT2D eigenvalue weighted by molar-refractivity contribution is -0.139. The summed E-state index contributed by atoms with van der Waals surface area (Å²) < 4.78 is 83.1. The molecule has 26 heavy (non-hydrogen) atoms. The monoisotopic (exact) mass is 387 g/mol. The van der Waals surface area contributed by atoms with E-state index in [-0.39, 0.29) is 10.5 Å². The van der Waals surface area contributed by atoms with Gasteiger partial charge in [0.2, 0.25) is 0 Å². The van der Waals surface area contributed by atoms with Crippen molar-refractivity contribution in [2.45, 2.75) is 11.1 Å². The third-order valence-corrected chi connectivity index (χ3v) is 4.80. The quantitative estimate of drug-likeness (QED) is 0.549. The Morgan fingerprint density at radius 1 is 0.962 bits per heavy atom. The summed E-state index contributed by atoms with van der Waals surface area (Å²) in [7, 11) is -4.25. The maximum absolute atomic E-state index is 13.3. The Hall–Kier alpha value is -2.88. The van der Waals surface area contributed by atoms with Gasteiger partial charge in [-0.15, -0.1) is 0 Å². The number of rotatable bonds is 3. The van der Waals surface area contributed by atoms with Crippen LogP contribution in [0.1, 0.15) is 5.56 Å². The zero-order valence-electron chi connectivity index (χ0n) is 12.7. The molecule has 0 saturated carbocycles. The number of sulfonamides is 1. The van der Waals surface area contributed by atoms with Gasteiger partial charge in [-0.25, -0.2) is 17.6 Å². The van der Waals surface area contributed by atoms with Gasteiger partial charge in [0.05, 0.1) is 10.5 Å². The maximum atomic E-state index is 13.3. The van der Waals surface area contributed by atoms with Gasteiger partial charge in [-0.1, -0.05) is 0 Å². The third-order valence-electron chi connectivity index (χ3n) is 3.43. The van der Waals surface area contributed by atoms with Crippen molar-refractivity contribution in [3.05, 3.63) is 70.3 Å². The van der Waals surface area contributed by atoms with Crippen molar-refractivity contribution in [2.75, 3.05) is 4.72 Å². The van der Waals surface area contributed by atoms with E-state index in [0.29, 0.717) is 17.5 Å². The van der Waals surface area contributed by atoms with Crippen molar-refractivity contribution in [3.8, 4) is 0 Å².